The van der Waals surface area contributed by atoms with Crippen LogP contribution in [0.5, 0.6) is 5.75 Å². The summed E-state index contributed by atoms with van der Waals surface area (Å²) in [4.78, 5) is 12.7. The van der Waals surface area contributed by atoms with E-state index in [0.717, 1.165) is 21.9 Å². The van der Waals surface area contributed by atoms with Gasteiger partial charge in [-0.2, -0.15) is 11.8 Å². The summed E-state index contributed by atoms with van der Waals surface area (Å²) in [5.41, 5.74) is 1.27. The highest BCUT2D eigenvalue weighted by molar-refractivity contribution is 7.99. The Kier molecular flexibility index (Phi) is 8.49. The predicted molar refractivity (Wildman–Crippen MR) is 117 cm³/mol. The molecule has 1 amide bonds. The molecule has 1 N–H and O–H groups in total. The molecular weight excluding hydrogens is 396 g/mol. The van der Waals surface area contributed by atoms with E-state index in [-0.39, 0.29) is 5.91 Å². The summed E-state index contributed by atoms with van der Waals surface area (Å²) in [7, 11) is -2.18. The highest BCUT2D eigenvalue weighted by Gasteiger charge is 2.31. The van der Waals surface area contributed by atoms with Gasteiger partial charge in [-0.05, 0) is 44.4 Å². The van der Waals surface area contributed by atoms with Gasteiger partial charge in [0.05, 0.1) is 19.1 Å². The Morgan fingerprint density at radius 1 is 1.32 bits per heavy atom. The van der Waals surface area contributed by atoms with Crippen LogP contribution in [0.3, 0.4) is 0 Å². The van der Waals surface area contributed by atoms with Crippen molar-refractivity contribution in [2.75, 3.05) is 30.0 Å². The van der Waals surface area contributed by atoms with Gasteiger partial charge in [0, 0.05) is 17.5 Å². The van der Waals surface area contributed by atoms with Crippen molar-refractivity contribution in [3.8, 4) is 5.75 Å². The molecule has 0 heterocycles. The molecule has 0 unspecified atom stereocenters. The zero-order chi connectivity index (χ0) is 20.7. The van der Waals surface area contributed by atoms with Gasteiger partial charge in [-0.1, -0.05) is 25.3 Å². The number of nitrogens with one attached hydrogen (secondary N) is 1. The fraction of sp³-hybridized carbons (Fsp3) is 0.650. The summed E-state index contributed by atoms with van der Waals surface area (Å²) in [6.45, 7) is 4.01. The Bertz CT molecular complexity index is 761. The molecule has 158 valence electrons. The first-order valence-electron chi connectivity index (χ1n) is 9.77. The van der Waals surface area contributed by atoms with Crippen molar-refractivity contribution < 1.29 is 17.9 Å². The van der Waals surface area contributed by atoms with E-state index in [2.05, 4.69) is 5.32 Å². The fourth-order valence-electron chi connectivity index (χ4n) is 3.53. The molecule has 1 fully saturated rings. The van der Waals surface area contributed by atoms with Crippen LogP contribution < -0.4 is 14.4 Å². The zero-order valence-electron chi connectivity index (χ0n) is 17.2. The first kappa shape index (κ1) is 22.9. The topological polar surface area (TPSA) is 75.7 Å². The molecular formula is C20H32N2O4S2. The first-order chi connectivity index (χ1) is 13.2. The molecule has 1 atom stereocenters. The van der Waals surface area contributed by atoms with Crippen LogP contribution >= 0.6 is 11.8 Å². The third kappa shape index (κ3) is 6.30. The lowest BCUT2D eigenvalue weighted by atomic mass is 10.0. The van der Waals surface area contributed by atoms with Gasteiger partial charge in [0.25, 0.3) is 0 Å². The Hall–Kier alpha value is -1.41. The van der Waals surface area contributed by atoms with Crippen molar-refractivity contribution in [1.82, 2.24) is 5.32 Å². The number of rotatable bonds is 9. The molecule has 0 spiro atoms. The second-order valence-electron chi connectivity index (χ2n) is 7.33. The predicted octanol–water partition coefficient (Wildman–Crippen LogP) is 3.34. The molecule has 0 radical (unpaired) electrons. The number of carbonyl (C=O) groups excluding carboxylic acids is 1. The molecule has 1 aliphatic rings. The maximum absolute atomic E-state index is 12.7. The summed E-state index contributed by atoms with van der Waals surface area (Å²) in [6, 6.07) is 4.41. The maximum Gasteiger partial charge on any atom is 0.243 e. The van der Waals surface area contributed by atoms with E-state index in [1.54, 1.807) is 19.1 Å². The molecule has 2 rings (SSSR count). The standard InChI is InChI=1S/C20H32N2O4S2/c1-15-10-11-19(26-3)18(14-15)22(28(4,24)25)16(2)20(23)21-12-13-27-17-8-6-5-7-9-17/h10-11,14,16-17H,5-9,12-13H2,1-4H3,(H,21,23)/t16-/m1/s1. The number of ether oxygens (including phenoxy) is 1. The lowest BCUT2D eigenvalue weighted by molar-refractivity contribution is -0.121. The number of benzene rings is 1. The number of thioether (sulfide) groups is 1. The van der Waals surface area contributed by atoms with Crippen molar-refractivity contribution >= 4 is 33.4 Å². The van der Waals surface area contributed by atoms with Crippen molar-refractivity contribution in [2.24, 2.45) is 0 Å². The number of hydrogen-bond acceptors (Lipinski definition) is 5. The van der Waals surface area contributed by atoms with Crippen LogP contribution in [0, 0.1) is 6.92 Å². The Labute approximate surface area is 173 Å². The number of anilines is 1. The van der Waals surface area contributed by atoms with Gasteiger partial charge in [-0.15, -0.1) is 0 Å². The molecule has 8 heteroatoms. The monoisotopic (exact) mass is 428 g/mol. The molecule has 6 nitrogen and oxygen atoms in total. The van der Waals surface area contributed by atoms with Crippen LogP contribution in [0.15, 0.2) is 18.2 Å². The average Bonchev–Trinajstić information content (AvgIpc) is 2.65. The Morgan fingerprint density at radius 2 is 2.00 bits per heavy atom. The molecule has 1 aromatic rings. The molecule has 0 bridgehead atoms. The number of methoxy groups -OCH3 is 1. The summed E-state index contributed by atoms with van der Waals surface area (Å²) in [6.07, 6.45) is 7.53. The SMILES string of the molecule is COc1ccc(C)cc1N([C@H](C)C(=O)NCCSC1CCCCC1)S(C)(=O)=O. The second kappa shape index (κ2) is 10.4. The molecule has 0 aromatic heterocycles. The van der Waals surface area contributed by atoms with Crippen LogP contribution in [0.4, 0.5) is 5.69 Å². The van der Waals surface area contributed by atoms with Crippen LogP contribution in [0.2, 0.25) is 0 Å². The zero-order valence-corrected chi connectivity index (χ0v) is 18.9. The van der Waals surface area contributed by atoms with Gasteiger partial charge < -0.3 is 10.1 Å². The van der Waals surface area contributed by atoms with Crippen LogP contribution in [0.25, 0.3) is 0 Å². The number of nitrogens with zero attached hydrogens (tertiary/aromatic N) is 1. The molecule has 0 saturated heterocycles. The van der Waals surface area contributed by atoms with Crippen molar-refractivity contribution in [1.29, 1.82) is 0 Å². The molecule has 1 aromatic carbocycles. The summed E-state index contributed by atoms with van der Waals surface area (Å²) in [5, 5.41) is 3.58. The van der Waals surface area contributed by atoms with Gasteiger partial charge in [0.15, 0.2) is 0 Å². The fourth-order valence-corrected chi connectivity index (χ4v) is 5.92. The minimum Gasteiger partial charge on any atom is -0.495 e. The van der Waals surface area contributed by atoms with E-state index < -0.39 is 16.1 Å². The highest BCUT2D eigenvalue weighted by atomic mass is 32.2. The average molecular weight is 429 g/mol. The van der Waals surface area contributed by atoms with E-state index in [4.69, 9.17) is 4.74 Å². The van der Waals surface area contributed by atoms with E-state index in [9.17, 15) is 13.2 Å². The molecule has 1 saturated carbocycles. The quantitative estimate of drug-likeness (QED) is 0.611. The maximum atomic E-state index is 12.7. The van der Waals surface area contributed by atoms with Crippen LogP contribution in [0.1, 0.15) is 44.6 Å². The van der Waals surface area contributed by atoms with Crippen molar-refractivity contribution in [2.45, 2.75) is 57.2 Å². The largest absolute Gasteiger partial charge is 0.495 e. The number of aryl methyl sites for hydroxylation is 1. The Balaban J connectivity index is 2.03. The van der Waals surface area contributed by atoms with E-state index in [1.165, 1.54) is 39.2 Å². The van der Waals surface area contributed by atoms with Crippen molar-refractivity contribution in [3.63, 3.8) is 0 Å². The Morgan fingerprint density at radius 3 is 2.61 bits per heavy atom. The number of amides is 1. The lowest BCUT2D eigenvalue weighted by Gasteiger charge is -2.29. The molecule has 1 aliphatic carbocycles. The van der Waals surface area contributed by atoms with Gasteiger partial charge >= 0.3 is 0 Å². The third-order valence-electron chi connectivity index (χ3n) is 4.97. The number of carbonyl (C=O) groups is 1. The highest BCUT2D eigenvalue weighted by Crippen LogP contribution is 2.32. The lowest BCUT2D eigenvalue weighted by Crippen LogP contribution is -2.48. The van der Waals surface area contributed by atoms with Gasteiger partial charge in [-0.3, -0.25) is 9.10 Å². The molecule has 0 aliphatic heterocycles. The van der Waals surface area contributed by atoms with E-state index >= 15 is 0 Å². The van der Waals surface area contributed by atoms with Crippen LogP contribution in [-0.4, -0.2) is 51.3 Å². The minimum atomic E-state index is -3.67. The molecule has 28 heavy (non-hydrogen) atoms. The van der Waals surface area contributed by atoms with Crippen LogP contribution in [-0.2, 0) is 14.8 Å². The van der Waals surface area contributed by atoms with E-state index in [0.29, 0.717) is 23.2 Å². The summed E-state index contributed by atoms with van der Waals surface area (Å²) < 4.78 is 31.4. The number of sulfonamides is 1. The first-order valence-corrected chi connectivity index (χ1v) is 12.7. The van der Waals surface area contributed by atoms with Gasteiger partial charge in [0.2, 0.25) is 15.9 Å². The summed E-state index contributed by atoms with van der Waals surface area (Å²) >= 11 is 1.90. The minimum absolute atomic E-state index is 0.307. The smallest absolute Gasteiger partial charge is 0.243 e. The van der Waals surface area contributed by atoms with E-state index in [1.807, 2.05) is 24.8 Å². The third-order valence-corrected chi connectivity index (χ3v) is 7.58. The normalized spacial score (nSPS) is 16.4. The number of hydrogen-bond donors (Lipinski definition) is 1. The second-order valence-corrected chi connectivity index (χ2v) is 10.6. The van der Waals surface area contributed by atoms with Gasteiger partial charge in [-0.25, -0.2) is 8.42 Å². The summed E-state index contributed by atoms with van der Waals surface area (Å²) in [5.74, 6) is 0.956. The van der Waals surface area contributed by atoms with Crippen molar-refractivity contribution in [3.05, 3.63) is 23.8 Å². The van der Waals surface area contributed by atoms with Gasteiger partial charge in [0.1, 0.15) is 11.8 Å².